The predicted octanol–water partition coefficient (Wildman–Crippen LogP) is 1.58. The third-order valence-corrected chi connectivity index (χ3v) is 5.01. The van der Waals surface area contributed by atoms with Gasteiger partial charge in [0.1, 0.15) is 6.61 Å². The monoisotopic (exact) mass is 430 g/mol. The van der Waals surface area contributed by atoms with Crippen LogP contribution in [-0.4, -0.2) is 50.3 Å². The van der Waals surface area contributed by atoms with E-state index in [9.17, 15) is 29.3 Å². The van der Waals surface area contributed by atoms with Crippen molar-refractivity contribution in [3.63, 3.8) is 0 Å². The molecule has 10 nitrogen and oxygen atoms in total. The van der Waals surface area contributed by atoms with E-state index >= 15 is 0 Å². The third-order valence-electron chi connectivity index (χ3n) is 3.58. The lowest BCUT2D eigenvalue weighted by molar-refractivity contribution is -0.384. The Morgan fingerprint density at radius 2 is 1.96 bits per heavy atom. The Hall–Kier alpha value is -2.66. The van der Waals surface area contributed by atoms with Crippen LogP contribution in [0.1, 0.15) is 18.9 Å². The van der Waals surface area contributed by atoms with Crippen LogP contribution in [0.25, 0.3) is 0 Å². The summed E-state index contributed by atoms with van der Waals surface area (Å²) in [6.07, 6.45) is 0.00926. The Morgan fingerprint density at radius 3 is 2.50 bits per heavy atom. The Balaban J connectivity index is 1.86. The fourth-order valence-corrected chi connectivity index (χ4v) is 3.55. The number of benzene rings is 1. The molecule has 1 aromatic carbocycles. The van der Waals surface area contributed by atoms with Crippen LogP contribution >= 0.6 is 23.4 Å². The summed E-state index contributed by atoms with van der Waals surface area (Å²) in [4.78, 5) is 57.4. The molecule has 0 aromatic heterocycles. The SMILES string of the molecule is CC(=O)OCC(=O)S[C@H]1CC(=O)N1C(Cl)C(=O)OCc1ccc([N+](=O)[O-])cc1. The van der Waals surface area contributed by atoms with E-state index in [-0.39, 0.29) is 18.7 Å². The fourth-order valence-electron chi connectivity index (χ4n) is 2.17. The third kappa shape index (κ3) is 5.67. The second-order valence-corrected chi connectivity index (χ2v) is 7.25. The maximum absolute atomic E-state index is 12.1. The number of ether oxygens (including phenoxy) is 2. The van der Waals surface area contributed by atoms with E-state index < -0.39 is 45.4 Å². The van der Waals surface area contributed by atoms with E-state index in [4.69, 9.17) is 16.3 Å². The number of amides is 1. The highest BCUT2D eigenvalue weighted by Gasteiger charge is 2.45. The molecule has 1 unspecified atom stereocenters. The number of halogens is 1. The minimum absolute atomic E-state index is 0.00926. The van der Waals surface area contributed by atoms with Crippen LogP contribution in [0.15, 0.2) is 24.3 Å². The minimum Gasteiger partial charge on any atom is -0.458 e. The number of non-ortho nitro benzene ring substituents is 1. The van der Waals surface area contributed by atoms with Crippen molar-refractivity contribution in [2.45, 2.75) is 30.8 Å². The van der Waals surface area contributed by atoms with E-state index in [2.05, 4.69) is 4.74 Å². The lowest BCUT2D eigenvalue weighted by Gasteiger charge is -2.41. The maximum Gasteiger partial charge on any atom is 0.345 e. The Morgan fingerprint density at radius 1 is 1.32 bits per heavy atom. The minimum atomic E-state index is -1.43. The number of rotatable bonds is 8. The highest BCUT2D eigenvalue weighted by molar-refractivity contribution is 8.14. The summed E-state index contributed by atoms with van der Waals surface area (Å²) in [5.41, 5.74) is -1.03. The molecular weight excluding hydrogens is 416 g/mol. The highest BCUT2D eigenvalue weighted by atomic mass is 35.5. The molecule has 0 saturated carbocycles. The summed E-state index contributed by atoms with van der Waals surface area (Å²) in [5.74, 6) is -1.93. The van der Waals surface area contributed by atoms with Crippen molar-refractivity contribution in [2.24, 2.45) is 0 Å². The number of carbonyl (C=O) groups excluding carboxylic acids is 4. The van der Waals surface area contributed by atoms with E-state index in [0.717, 1.165) is 23.6 Å². The molecule has 0 spiro atoms. The van der Waals surface area contributed by atoms with E-state index in [1.165, 1.54) is 24.3 Å². The molecule has 2 rings (SSSR count). The van der Waals surface area contributed by atoms with E-state index in [1.54, 1.807) is 0 Å². The summed E-state index contributed by atoms with van der Waals surface area (Å²) in [5, 5.41) is 9.46. The molecule has 1 fully saturated rings. The number of nitro groups is 1. The molecule has 0 bridgehead atoms. The first-order valence-electron chi connectivity index (χ1n) is 7.87. The maximum atomic E-state index is 12.1. The van der Waals surface area contributed by atoms with Crippen LogP contribution in [-0.2, 0) is 35.3 Å². The second kappa shape index (κ2) is 9.51. The van der Waals surface area contributed by atoms with Gasteiger partial charge < -0.3 is 14.4 Å². The van der Waals surface area contributed by atoms with Crippen molar-refractivity contribution in [3.05, 3.63) is 39.9 Å². The average molecular weight is 431 g/mol. The van der Waals surface area contributed by atoms with Crippen molar-refractivity contribution < 1.29 is 33.6 Å². The van der Waals surface area contributed by atoms with Gasteiger partial charge in [-0.25, -0.2) is 4.79 Å². The molecule has 1 amide bonds. The summed E-state index contributed by atoms with van der Waals surface area (Å²) >= 11 is 6.74. The van der Waals surface area contributed by atoms with Gasteiger partial charge in [-0.1, -0.05) is 23.4 Å². The largest absolute Gasteiger partial charge is 0.458 e. The van der Waals surface area contributed by atoms with Gasteiger partial charge in [0.2, 0.25) is 16.5 Å². The molecule has 28 heavy (non-hydrogen) atoms. The second-order valence-electron chi connectivity index (χ2n) is 5.60. The topological polar surface area (TPSA) is 133 Å². The Bertz CT molecular complexity index is 800. The Kier molecular flexibility index (Phi) is 7.35. The first kappa shape index (κ1) is 21.6. The van der Waals surface area contributed by atoms with Crippen molar-refractivity contribution in [1.82, 2.24) is 4.90 Å². The average Bonchev–Trinajstić information content (AvgIpc) is 2.64. The number of nitrogens with zero attached hydrogens (tertiary/aromatic N) is 2. The van der Waals surface area contributed by atoms with Crippen molar-refractivity contribution in [3.8, 4) is 0 Å². The summed E-state index contributed by atoms with van der Waals surface area (Å²) in [6, 6.07) is 5.38. The number of β-lactam (4-membered cyclic amide) rings is 1. The number of likely N-dealkylation sites (tertiary alicyclic amines) is 1. The fraction of sp³-hybridized carbons (Fsp3) is 0.375. The molecule has 12 heteroatoms. The first-order valence-corrected chi connectivity index (χ1v) is 9.18. The van der Waals surface area contributed by atoms with Crippen LogP contribution in [0, 0.1) is 10.1 Å². The molecule has 150 valence electrons. The first-order chi connectivity index (χ1) is 13.2. The van der Waals surface area contributed by atoms with E-state index in [1.807, 2.05) is 0 Å². The summed E-state index contributed by atoms with van der Waals surface area (Å²) < 4.78 is 9.60. The van der Waals surface area contributed by atoms with Crippen LogP contribution in [0.2, 0.25) is 0 Å². The summed E-state index contributed by atoms with van der Waals surface area (Å²) in [7, 11) is 0. The van der Waals surface area contributed by atoms with Gasteiger partial charge in [-0.15, -0.1) is 0 Å². The standard InChI is InChI=1S/C16H15ClN2O8S/c1-9(20)26-8-14(22)28-13-6-12(21)18(13)15(17)16(23)27-7-10-2-4-11(5-3-10)19(24)25/h2-5,13,15H,6-8H2,1H3/t13-,15?/m0/s1. The number of alkyl halides is 1. The van der Waals surface area contributed by atoms with Gasteiger partial charge in [0, 0.05) is 19.1 Å². The van der Waals surface area contributed by atoms with Gasteiger partial charge in [-0.2, -0.15) is 0 Å². The number of hydrogen-bond donors (Lipinski definition) is 0. The molecule has 0 aliphatic carbocycles. The highest BCUT2D eigenvalue weighted by Crippen LogP contribution is 2.33. The summed E-state index contributed by atoms with van der Waals surface area (Å²) in [6.45, 7) is 0.522. The molecule has 1 heterocycles. The molecule has 0 radical (unpaired) electrons. The lowest BCUT2D eigenvalue weighted by Crippen LogP contribution is -2.57. The number of nitro benzene ring substituents is 1. The van der Waals surface area contributed by atoms with Crippen molar-refractivity contribution in [1.29, 1.82) is 0 Å². The number of thioether (sulfide) groups is 1. The predicted molar refractivity (Wildman–Crippen MR) is 97.0 cm³/mol. The van der Waals surface area contributed by atoms with E-state index in [0.29, 0.717) is 5.56 Å². The van der Waals surface area contributed by atoms with Crippen LogP contribution in [0.4, 0.5) is 5.69 Å². The van der Waals surface area contributed by atoms with Crippen molar-refractivity contribution >= 4 is 52.0 Å². The van der Waals surface area contributed by atoms with Crippen LogP contribution in [0.3, 0.4) is 0 Å². The lowest BCUT2D eigenvalue weighted by atomic mass is 10.2. The van der Waals surface area contributed by atoms with Gasteiger partial charge in [0.25, 0.3) is 5.69 Å². The van der Waals surface area contributed by atoms with Gasteiger partial charge in [0.15, 0.2) is 6.61 Å². The number of esters is 2. The molecule has 1 aliphatic heterocycles. The molecule has 1 aromatic rings. The smallest absolute Gasteiger partial charge is 0.345 e. The molecule has 1 aliphatic rings. The van der Waals surface area contributed by atoms with Crippen LogP contribution in [0.5, 0.6) is 0 Å². The molecule has 1 saturated heterocycles. The zero-order valence-electron chi connectivity index (χ0n) is 14.5. The quantitative estimate of drug-likeness (QED) is 0.150. The van der Waals surface area contributed by atoms with Crippen LogP contribution < -0.4 is 0 Å². The number of carbonyl (C=O) groups is 4. The molecular formula is C16H15ClN2O8S. The van der Waals surface area contributed by atoms with Gasteiger partial charge in [-0.05, 0) is 17.7 Å². The van der Waals surface area contributed by atoms with Gasteiger partial charge >= 0.3 is 11.9 Å². The normalized spacial score (nSPS) is 16.7. The van der Waals surface area contributed by atoms with Gasteiger partial charge in [-0.3, -0.25) is 24.5 Å². The van der Waals surface area contributed by atoms with Gasteiger partial charge in [0.05, 0.1) is 16.7 Å². The zero-order chi connectivity index (χ0) is 20.8. The van der Waals surface area contributed by atoms with Crippen molar-refractivity contribution in [2.75, 3.05) is 6.61 Å². The zero-order valence-corrected chi connectivity index (χ0v) is 16.1. The Labute approximate surface area is 168 Å². The molecule has 0 N–H and O–H groups in total. The number of hydrogen-bond acceptors (Lipinski definition) is 9. The molecule has 2 atom stereocenters.